The Hall–Kier alpha value is 0.472. The molecule has 0 fully saturated rings. The second kappa shape index (κ2) is 11.6. The van der Waals surface area contributed by atoms with E-state index in [1.807, 2.05) is 18.2 Å². The summed E-state index contributed by atoms with van der Waals surface area (Å²) < 4.78 is 21.8. The van der Waals surface area contributed by atoms with Crippen LogP contribution in [-0.4, -0.2) is 5.11 Å². The van der Waals surface area contributed by atoms with E-state index >= 15 is 0 Å². The Morgan fingerprint density at radius 3 is 1.76 bits per heavy atom. The molecule has 100 valence electrons. The third-order valence-electron chi connectivity index (χ3n) is 1.24. The molecule has 3 atom stereocenters. The summed E-state index contributed by atoms with van der Waals surface area (Å²) in [4.78, 5) is 18.6. The smallest absolute Gasteiger partial charge is 0.781 e. The number of benzene rings is 1. The fourth-order valence-corrected chi connectivity index (χ4v) is 1.37. The first-order valence-corrected chi connectivity index (χ1v) is 6.79. The van der Waals surface area contributed by atoms with Crippen molar-refractivity contribution < 1.29 is 48.8 Å². The third-order valence-corrected chi connectivity index (χ3v) is 2.83. The molecular formula is C7H9ClO6P2Pd. The fraction of sp³-hybridized carbons (Fsp3) is 0.143. The number of alkyl halides is 1. The predicted molar refractivity (Wildman–Crippen MR) is 56.3 cm³/mol. The van der Waals surface area contributed by atoms with Gasteiger partial charge in [0.1, 0.15) is 16.5 Å². The van der Waals surface area contributed by atoms with Crippen molar-refractivity contribution in [3.8, 4) is 0 Å². The monoisotopic (exact) mass is 392 g/mol. The molecule has 0 aliphatic rings. The summed E-state index contributed by atoms with van der Waals surface area (Å²) in [5.74, 6) is 0. The van der Waals surface area contributed by atoms with E-state index in [4.69, 9.17) is 16.7 Å². The van der Waals surface area contributed by atoms with Crippen LogP contribution in [0.3, 0.4) is 0 Å². The Morgan fingerprint density at radius 1 is 1.18 bits per heavy atom. The summed E-state index contributed by atoms with van der Waals surface area (Å²) in [7, 11) is -7.03. The van der Waals surface area contributed by atoms with Crippen molar-refractivity contribution in [3.63, 3.8) is 0 Å². The number of halogens is 1. The average Bonchev–Trinajstić information content (AvgIpc) is 2.17. The first-order valence-electron chi connectivity index (χ1n) is 3.90. The van der Waals surface area contributed by atoms with E-state index in [9.17, 15) is 18.9 Å². The van der Waals surface area contributed by atoms with Crippen LogP contribution in [0.1, 0.15) is 11.1 Å². The molecule has 1 N–H and O–H groups in total. The zero-order chi connectivity index (χ0) is 12.6. The van der Waals surface area contributed by atoms with Crippen LogP contribution in [0, 0.1) is 0 Å². The molecule has 0 spiro atoms. The molecule has 0 aliphatic carbocycles. The summed E-state index contributed by atoms with van der Waals surface area (Å²) in [6.45, 7) is 0. The third kappa shape index (κ3) is 12.7. The maximum Gasteiger partial charge on any atom is 2.00 e. The second-order valence-corrected chi connectivity index (χ2v) is 4.58. The van der Waals surface area contributed by atoms with Gasteiger partial charge in [-0.3, -0.25) is 4.31 Å². The Labute approximate surface area is 118 Å². The number of aliphatic hydroxyl groups is 1. The van der Waals surface area contributed by atoms with E-state index in [0.29, 0.717) is 0 Å². The molecule has 0 amide bonds. The molecule has 0 heterocycles. The Bertz CT molecular complexity index is 337. The van der Waals surface area contributed by atoms with Crippen LogP contribution in [0.15, 0.2) is 30.3 Å². The maximum atomic E-state index is 9.29. The van der Waals surface area contributed by atoms with Gasteiger partial charge in [0.05, 0.1) is 0 Å². The van der Waals surface area contributed by atoms with Gasteiger partial charge in [0.25, 0.3) is 0 Å². The van der Waals surface area contributed by atoms with Crippen LogP contribution in [0.5, 0.6) is 0 Å². The Balaban J connectivity index is 0. The minimum absolute atomic E-state index is 0. The summed E-state index contributed by atoms with van der Waals surface area (Å²) >= 11 is 5.36. The molecule has 3 unspecified atom stereocenters. The predicted octanol–water partition coefficient (Wildman–Crippen LogP) is 0.417. The molecule has 1 aromatic carbocycles. The van der Waals surface area contributed by atoms with Crippen molar-refractivity contribution in [2.24, 2.45) is 0 Å². The largest absolute Gasteiger partial charge is 2.00 e. The molecule has 6 nitrogen and oxygen atoms in total. The summed E-state index contributed by atoms with van der Waals surface area (Å²) in [5.41, 5.74) is -0.134. The van der Waals surface area contributed by atoms with E-state index in [1.54, 1.807) is 12.1 Å². The maximum absolute atomic E-state index is 9.29. The van der Waals surface area contributed by atoms with Crippen LogP contribution in [0.4, 0.5) is 0 Å². The van der Waals surface area contributed by atoms with E-state index in [1.165, 1.54) is 0 Å². The SMILES string of the molecule is O=[PH]([O-])O[PH](=O)[O-].OC(Cl)c1ccccc1.[Pd+2]. The van der Waals surface area contributed by atoms with Crippen LogP contribution in [-0.2, 0) is 33.9 Å². The fourth-order valence-electron chi connectivity index (χ4n) is 0.680. The van der Waals surface area contributed by atoms with Gasteiger partial charge in [0, 0.05) is 0 Å². The minimum atomic E-state index is -3.51. The van der Waals surface area contributed by atoms with Gasteiger partial charge >= 0.3 is 20.4 Å². The number of aliphatic hydroxyl groups excluding tert-OH is 1. The molecule has 0 saturated carbocycles. The Morgan fingerprint density at radius 2 is 1.59 bits per heavy atom. The molecule has 0 radical (unpaired) electrons. The minimum Gasteiger partial charge on any atom is -0.781 e. The van der Waals surface area contributed by atoms with Crippen LogP contribution in [0.25, 0.3) is 0 Å². The zero-order valence-electron chi connectivity index (χ0n) is 8.15. The van der Waals surface area contributed by atoms with Crippen molar-refractivity contribution in [1.29, 1.82) is 0 Å². The van der Waals surface area contributed by atoms with E-state index in [-0.39, 0.29) is 20.4 Å². The first kappa shape index (κ1) is 19.8. The van der Waals surface area contributed by atoms with Gasteiger partial charge in [-0.15, -0.1) is 0 Å². The molecule has 0 aliphatic heterocycles. The summed E-state index contributed by atoms with van der Waals surface area (Å²) in [5, 5.41) is 8.79. The molecule has 17 heavy (non-hydrogen) atoms. The molecule has 1 rings (SSSR count). The number of hydrogen-bond donors (Lipinski definition) is 1. The van der Waals surface area contributed by atoms with Gasteiger partial charge in [-0.05, 0) is 5.56 Å². The number of rotatable bonds is 3. The summed E-state index contributed by atoms with van der Waals surface area (Å²) in [6.07, 6.45) is 0. The quantitative estimate of drug-likeness (QED) is 0.453. The summed E-state index contributed by atoms with van der Waals surface area (Å²) in [6, 6.07) is 9.10. The van der Waals surface area contributed by atoms with Crippen molar-refractivity contribution >= 4 is 28.1 Å². The second-order valence-electron chi connectivity index (χ2n) is 2.35. The van der Waals surface area contributed by atoms with E-state index < -0.39 is 22.1 Å². The normalized spacial score (nSPS) is 14.6. The van der Waals surface area contributed by atoms with Crippen molar-refractivity contribution in [3.05, 3.63) is 35.9 Å². The van der Waals surface area contributed by atoms with Crippen molar-refractivity contribution in [2.45, 2.75) is 5.56 Å². The number of hydrogen-bond acceptors (Lipinski definition) is 6. The molecule has 1 aromatic rings. The first-order chi connectivity index (χ1) is 7.43. The van der Waals surface area contributed by atoms with Gasteiger partial charge in [-0.1, -0.05) is 41.9 Å². The molecule has 0 saturated heterocycles. The van der Waals surface area contributed by atoms with Gasteiger partial charge in [-0.25, -0.2) is 0 Å². The van der Waals surface area contributed by atoms with Gasteiger partial charge in [-0.2, -0.15) is 0 Å². The van der Waals surface area contributed by atoms with Crippen molar-refractivity contribution in [2.75, 3.05) is 0 Å². The van der Waals surface area contributed by atoms with Gasteiger partial charge < -0.3 is 24.0 Å². The molecule has 10 heteroatoms. The Kier molecular flexibility index (Phi) is 13.5. The van der Waals surface area contributed by atoms with Gasteiger partial charge in [0.2, 0.25) is 0 Å². The van der Waals surface area contributed by atoms with Crippen LogP contribution >= 0.6 is 28.1 Å². The van der Waals surface area contributed by atoms with Crippen LogP contribution < -0.4 is 9.79 Å². The van der Waals surface area contributed by atoms with Crippen LogP contribution in [0.2, 0.25) is 0 Å². The zero-order valence-corrected chi connectivity index (χ0v) is 12.5. The topological polar surface area (TPSA) is 110 Å². The molecular weight excluding hydrogens is 384 g/mol. The molecule has 0 aromatic heterocycles. The van der Waals surface area contributed by atoms with Gasteiger partial charge in [0.15, 0.2) is 5.56 Å². The average molecular weight is 393 g/mol. The molecule has 0 bridgehead atoms. The van der Waals surface area contributed by atoms with E-state index in [0.717, 1.165) is 5.56 Å². The van der Waals surface area contributed by atoms with E-state index in [2.05, 4.69) is 4.31 Å². The standard InChI is InChI=1S/C7H7ClO.H4O5P2.Pd/c8-7(9)6-4-2-1-3-5-6;1-6(2)5-7(3)4;/h1-5,7,9H;6-7H,(H,1,2)(H,3,4);/q;;+2/p-2. The van der Waals surface area contributed by atoms with Crippen molar-refractivity contribution in [1.82, 2.24) is 0 Å².